The number of phenolic OH excluding ortho intramolecular Hbond substituents is 2. The van der Waals surface area contributed by atoms with Gasteiger partial charge in [-0.1, -0.05) is 6.07 Å². The molecule has 0 aromatic heterocycles. The third-order valence-electron chi connectivity index (χ3n) is 2.24. The zero-order valence-corrected chi connectivity index (χ0v) is 9.69. The molecule has 3 N–H and O–H groups in total. The van der Waals surface area contributed by atoms with Crippen LogP contribution in [0, 0.1) is 16.7 Å². The minimum atomic E-state index is -0.699. The van der Waals surface area contributed by atoms with Gasteiger partial charge in [-0.15, -0.1) is 0 Å². The van der Waals surface area contributed by atoms with Crippen LogP contribution in [0.4, 0.5) is 0 Å². The normalized spacial score (nSPS) is 10.6. The van der Waals surface area contributed by atoms with Gasteiger partial charge in [-0.05, 0) is 26.0 Å². The molecule has 0 aliphatic carbocycles. The summed E-state index contributed by atoms with van der Waals surface area (Å²) in [5, 5.41) is 30.2. The van der Waals surface area contributed by atoms with Gasteiger partial charge in [0.1, 0.15) is 17.1 Å². The highest BCUT2D eigenvalue weighted by atomic mass is 16.3. The monoisotopic (exact) mass is 234 g/mol. The topological polar surface area (TPSA) is 93.4 Å². The molecule has 90 valence electrons. The molecule has 0 spiro atoms. The van der Waals surface area contributed by atoms with Crippen LogP contribution in [0.15, 0.2) is 18.2 Å². The van der Waals surface area contributed by atoms with Gasteiger partial charge in [-0.2, -0.15) is 5.26 Å². The maximum absolute atomic E-state index is 11.7. The van der Waals surface area contributed by atoms with Crippen LogP contribution in [0.3, 0.4) is 0 Å². The average Bonchev–Trinajstić information content (AvgIpc) is 2.26. The van der Waals surface area contributed by atoms with Gasteiger partial charge in [0.05, 0.1) is 11.5 Å². The Morgan fingerprint density at radius 2 is 1.94 bits per heavy atom. The quantitative estimate of drug-likeness (QED) is 0.736. The molecule has 0 fully saturated rings. The Balaban J connectivity index is 2.82. The predicted molar refractivity (Wildman–Crippen MR) is 61.5 cm³/mol. The summed E-state index contributed by atoms with van der Waals surface area (Å²) in [7, 11) is 0. The van der Waals surface area contributed by atoms with Crippen molar-refractivity contribution in [2.75, 3.05) is 6.54 Å². The zero-order valence-electron chi connectivity index (χ0n) is 9.69. The molecule has 0 saturated carbocycles. The van der Waals surface area contributed by atoms with Gasteiger partial charge < -0.3 is 15.5 Å². The van der Waals surface area contributed by atoms with Crippen molar-refractivity contribution in [3.8, 4) is 17.6 Å². The molecular weight excluding hydrogens is 220 g/mol. The van der Waals surface area contributed by atoms with Gasteiger partial charge in [-0.3, -0.25) is 4.79 Å². The van der Waals surface area contributed by atoms with E-state index in [1.165, 1.54) is 18.2 Å². The lowest BCUT2D eigenvalue weighted by molar-refractivity contribution is 0.0938. The Morgan fingerprint density at radius 1 is 1.41 bits per heavy atom. The van der Waals surface area contributed by atoms with Crippen LogP contribution >= 0.6 is 0 Å². The minimum absolute atomic E-state index is 0.135. The van der Waals surface area contributed by atoms with E-state index in [9.17, 15) is 15.0 Å². The molecular formula is C12H14N2O3. The largest absolute Gasteiger partial charge is 0.507 e. The first kappa shape index (κ1) is 12.8. The van der Waals surface area contributed by atoms with E-state index in [-0.39, 0.29) is 23.6 Å². The van der Waals surface area contributed by atoms with Crippen LogP contribution in [-0.4, -0.2) is 22.7 Å². The Hall–Kier alpha value is -2.22. The fourth-order valence-corrected chi connectivity index (χ4v) is 1.19. The Labute approximate surface area is 99.3 Å². The van der Waals surface area contributed by atoms with Crippen LogP contribution in [0.5, 0.6) is 11.5 Å². The van der Waals surface area contributed by atoms with E-state index in [4.69, 9.17) is 5.26 Å². The number of nitriles is 1. The number of amides is 1. The molecule has 1 aromatic rings. The second-order valence-corrected chi connectivity index (χ2v) is 4.35. The predicted octanol–water partition coefficient (Wildman–Crippen LogP) is 1.38. The molecule has 17 heavy (non-hydrogen) atoms. The van der Waals surface area contributed by atoms with E-state index < -0.39 is 11.3 Å². The van der Waals surface area contributed by atoms with E-state index in [1.807, 2.05) is 6.07 Å². The first-order valence-corrected chi connectivity index (χ1v) is 5.08. The maximum Gasteiger partial charge on any atom is 0.258 e. The number of benzene rings is 1. The van der Waals surface area contributed by atoms with Crippen molar-refractivity contribution in [3.05, 3.63) is 23.8 Å². The second kappa shape index (κ2) is 4.74. The van der Waals surface area contributed by atoms with E-state index in [2.05, 4.69) is 5.32 Å². The van der Waals surface area contributed by atoms with Crippen LogP contribution in [0.1, 0.15) is 24.2 Å². The summed E-state index contributed by atoms with van der Waals surface area (Å²) in [4.78, 5) is 11.7. The highest BCUT2D eigenvalue weighted by Gasteiger charge is 2.21. The lowest BCUT2D eigenvalue weighted by Gasteiger charge is -2.16. The van der Waals surface area contributed by atoms with Crippen molar-refractivity contribution in [2.45, 2.75) is 13.8 Å². The number of rotatable bonds is 3. The number of nitrogens with zero attached hydrogens (tertiary/aromatic N) is 1. The maximum atomic E-state index is 11.7. The van der Waals surface area contributed by atoms with Gasteiger partial charge in [0.15, 0.2) is 0 Å². The highest BCUT2D eigenvalue weighted by molar-refractivity contribution is 5.99. The number of nitrogens with one attached hydrogen (secondary N) is 1. The molecule has 5 nitrogen and oxygen atoms in total. The van der Waals surface area contributed by atoms with Crippen molar-refractivity contribution in [1.82, 2.24) is 5.32 Å². The number of hydrogen-bond acceptors (Lipinski definition) is 4. The van der Waals surface area contributed by atoms with Gasteiger partial charge in [0.2, 0.25) is 0 Å². The Morgan fingerprint density at radius 3 is 2.41 bits per heavy atom. The molecule has 0 heterocycles. The molecule has 1 rings (SSSR count). The summed E-state index contributed by atoms with van der Waals surface area (Å²) in [6.07, 6.45) is 0. The molecule has 5 heteroatoms. The van der Waals surface area contributed by atoms with E-state index in [1.54, 1.807) is 13.8 Å². The molecule has 0 radical (unpaired) electrons. The first-order valence-electron chi connectivity index (χ1n) is 5.08. The summed E-state index contributed by atoms with van der Waals surface area (Å²) in [5.41, 5.74) is -0.878. The van der Waals surface area contributed by atoms with E-state index in [0.29, 0.717) is 0 Å². The van der Waals surface area contributed by atoms with Crippen LogP contribution in [-0.2, 0) is 0 Å². The van der Waals surface area contributed by atoms with Crippen LogP contribution < -0.4 is 5.32 Å². The third kappa shape index (κ3) is 3.11. The minimum Gasteiger partial charge on any atom is -0.507 e. The summed E-state index contributed by atoms with van der Waals surface area (Å²) in [6.45, 7) is 3.49. The summed E-state index contributed by atoms with van der Waals surface area (Å²) >= 11 is 0. The van der Waals surface area contributed by atoms with Crippen molar-refractivity contribution < 1.29 is 15.0 Å². The standard InChI is InChI=1S/C12H14N2O3/c1-12(2,6-13)7-14-11(17)10-8(15)4-3-5-9(10)16/h3-5,15-16H,7H2,1-2H3,(H,14,17). The highest BCUT2D eigenvalue weighted by Crippen LogP contribution is 2.26. The molecule has 0 aliphatic heterocycles. The molecule has 0 bridgehead atoms. The van der Waals surface area contributed by atoms with Crippen LogP contribution in [0.2, 0.25) is 0 Å². The number of phenols is 2. The van der Waals surface area contributed by atoms with Crippen LogP contribution in [0.25, 0.3) is 0 Å². The molecule has 1 aromatic carbocycles. The summed E-state index contributed by atoms with van der Waals surface area (Å²) < 4.78 is 0. The number of carbonyl (C=O) groups excluding carboxylic acids is 1. The number of hydrogen-bond donors (Lipinski definition) is 3. The lowest BCUT2D eigenvalue weighted by atomic mass is 9.96. The van der Waals surface area contributed by atoms with Crippen molar-refractivity contribution >= 4 is 5.91 Å². The second-order valence-electron chi connectivity index (χ2n) is 4.35. The number of carbonyl (C=O) groups is 1. The fourth-order valence-electron chi connectivity index (χ4n) is 1.19. The molecule has 0 aliphatic rings. The fraction of sp³-hybridized carbons (Fsp3) is 0.333. The van der Waals surface area contributed by atoms with E-state index >= 15 is 0 Å². The van der Waals surface area contributed by atoms with Crippen molar-refractivity contribution in [2.24, 2.45) is 5.41 Å². The van der Waals surface area contributed by atoms with Gasteiger partial charge in [0.25, 0.3) is 5.91 Å². The lowest BCUT2D eigenvalue weighted by Crippen LogP contribution is -2.33. The summed E-state index contributed by atoms with van der Waals surface area (Å²) in [5.74, 6) is -1.20. The Bertz CT molecular complexity index is 455. The Kier molecular flexibility index (Phi) is 3.59. The third-order valence-corrected chi connectivity index (χ3v) is 2.24. The molecule has 0 unspecified atom stereocenters. The SMILES string of the molecule is CC(C)(C#N)CNC(=O)c1c(O)cccc1O. The van der Waals surface area contributed by atoms with Gasteiger partial charge in [0, 0.05) is 6.54 Å². The average molecular weight is 234 g/mol. The molecule has 1 amide bonds. The zero-order chi connectivity index (χ0) is 13.1. The molecule has 0 atom stereocenters. The smallest absolute Gasteiger partial charge is 0.258 e. The van der Waals surface area contributed by atoms with Gasteiger partial charge in [-0.25, -0.2) is 0 Å². The number of aromatic hydroxyl groups is 2. The summed E-state index contributed by atoms with van der Waals surface area (Å²) in [6, 6.07) is 6.09. The first-order chi connectivity index (χ1) is 7.87. The molecule has 0 saturated heterocycles. The van der Waals surface area contributed by atoms with Gasteiger partial charge >= 0.3 is 0 Å². The van der Waals surface area contributed by atoms with Crippen molar-refractivity contribution in [3.63, 3.8) is 0 Å². The van der Waals surface area contributed by atoms with E-state index in [0.717, 1.165) is 0 Å². The van der Waals surface area contributed by atoms with Crippen molar-refractivity contribution in [1.29, 1.82) is 5.26 Å².